The molecule has 0 radical (unpaired) electrons. The number of anilines is 1. The number of rotatable bonds is 3. The van der Waals surface area contributed by atoms with E-state index in [4.69, 9.17) is 0 Å². The van der Waals surface area contributed by atoms with Crippen molar-refractivity contribution in [1.82, 2.24) is 9.97 Å². The molecule has 0 saturated heterocycles. The van der Waals surface area contributed by atoms with Crippen LogP contribution in [-0.2, 0) is 12.8 Å². The fraction of sp³-hybridized carbons (Fsp3) is 0.333. The molecule has 3 rings (SSSR count). The number of aromatic nitrogens is 2. The van der Waals surface area contributed by atoms with Gasteiger partial charge in [0.15, 0.2) is 5.82 Å². The van der Waals surface area contributed by atoms with Crippen LogP contribution >= 0.6 is 15.9 Å². The van der Waals surface area contributed by atoms with Crippen LogP contribution in [-0.4, -0.2) is 16.5 Å². The summed E-state index contributed by atoms with van der Waals surface area (Å²) in [6.45, 7) is 2.86. The molecule has 0 bridgehead atoms. The predicted octanol–water partition coefficient (Wildman–Crippen LogP) is 3.97. The smallest absolute Gasteiger partial charge is 0.161 e. The van der Waals surface area contributed by atoms with Crippen molar-refractivity contribution in [3.05, 3.63) is 39.7 Å². The van der Waals surface area contributed by atoms with Crippen molar-refractivity contribution < 1.29 is 4.39 Å². The van der Waals surface area contributed by atoms with Crippen molar-refractivity contribution in [2.45, 2.75) is 26.2 Å². The van der Waals surface area contributed by atoms with Crippen LogP contribution in [0.5, 0.6) is 0 Å². The molecule has 0 fully saturated rings. The molecule has 2 aromatic rings. The van der Waals surface area contributed by atoms with Gasteiger partial charge in [0, 0.05) is 23.4 Å². The van der Waals surface area contributed by atoms with Gasteiger partial charge in [-0.1, -0.05) is 0 Å². The Labute approximate surface area is 125 Å². The van der Waals surface area contributed by atoms with Gasteiger partial charge in [0.1, 0.15) is 11.6 Å². The third kappa shape index (κ3) is 2.42. The van der Waals surface area contributed by atoms with Gasteiger partial charge in [0.05, 0.1) is 4.47 Å². The lowest BCUT2D eigenvalue weighted by molar-refractivity contribution is 0.621. The van der Waals surface area contributed by atoms with Crippen LogP contribution < -0.4 is 5.32 Å². The fourth-order valence-electron chi connectivity index (χ4n) is 2.51. The first-order valence-electron chi connectivity index (χ1n) is 6.78. The highest BCUT2D eigenvalue weighted by molar-refractivity contribution is 9.10. The second-order valence-corrected chi connectivity index (χ2v) is 5.69. The standard InChI is InChI=1S/C15H15BrFN3/c1-2-18-15-10-4-3-5-13(10)19-14(20-15)9-6-7-11(16)12(17)8-9/h6-8H,2-5H2,1H3,(H,18,19,20). The minimum absolute atomic E-state index is 0.295. The third-order valence-corrected chi connectivity index (χ3v) is 4.10. The van der Waals surface area contributed by atoms with Gasteiger partial charge in [0.2, 0.25) is 0 Å². The van der Waals surface area contributed by atoms with E-state index in [-0.39, 0.29) is 5.82 Å². The summed E-state index contributed by atoms with van der Waals surface area (Å²) in [5, 5.41) is 3.29. The van der Waals surface area contributed by atoms with Crippen LogP contribution in [0.2, 0.25) is 0 Å². The summed E-state index contributed by atoms with van der Waals surface area (Å²) in [5.41, 5.74) is 3.02. The molecule has 0 amide bonds. The lowest BCUT2D eigenvalue weighted by Crippen LogP contribution is -2.06. The molecule has 20 heavy (non-hydrogen) atoms. The molecule has 0 atom stereocenters. The quantitative estimate of drug-likeness (QED) is 0.922. The molecule has 1 aliphatic rings. The van der Waals surface area contributed by atoms with E-state index in [2.05, 4.69) is 31.2 Å². The van der Waals surface area contributed by atoms with Gasteiger partial charge in [-0.3, -0.25) is 0 Å². The SMILES string of the molecule is CCNc1nc(-c2ccc(Br)c(F)c2)nc2c1CCC2. The zero-order chi connectivity index (χ0) is 14.1. The highest BCUT2D eigenvalue weighted by Gasteiger charge is 2.19. The molecule has 1 aromatic heterocycles. The molecule has 1 N–H and O–H groups in total. The second kappa shape index (κ2) is 5.48. The number of hydrogen-bond donors (Lipinski definition) is 1. The van der Waals surface area contributed by atoms with Gasteiger partial charge < -0.3 is 5.32 Å². The maximum absolute atomic E-state index is 13.7. The summed E-state index contributed by atoms with van der Waals surface area (Å²) in [6.07, 6.45) is 3.11. The zero-order valence-corrected chi connectivity index (χ0v) is 12.8. The Morgan fingerprint density at radius 2 is 2.15 bits per heavy atom. The lowest BCUT2D eigenvalue weighted by atomic mass is 10.2. The average Bonchev–Trinajstić information content (AvgIpc) is 2.90. The van der Waals surface area contributed by atoms with E-state index in [1.165, 1.54) is 11.6 Å². The molecule has 0 aliphatic heterocycles. The van der Waals surface area contributed by atoms with E-state index in [0.717, 1.165) is 37.3 Å². The molecule has 1 heterocycles. The van der Waals surface area contributed by atoms with E-state index < -0.39 is 0 Å². The van der Waals surface area contributed by atoms with Crippen molar-refractivity contribution in [2.24, 2.45) is 0 Å². The summed E-state index contributed by atoms with van der Waals surface area (Å²) < 4.78 is 14.1. The predicted molar refractivity (Wildman–Crippen MR) is 81.3 cm³/mol. The molecule has 104 valence electrons. The molecule has 3 nitrogen and oxygen atoms in total. The molecular weight excluding hydrogens is 321 g/mol. The van der Waals surface area contributed by atoms with Crippen molar-refractivity contribution in [3.63, 3.8) is 0 Å². The van der Waals surface area contributed by atoms with Crippen LogP contribution in [0.25, 0.3) is 11.4 Å². The van der Waals surface area contributed by atoms with Gasteiger partial charge in [-0.15, -0.1) is 0 Å². The Kier molecular flexibility index (Phi) is 3.70. The molecule has 5 heteroatoms. The Balaban J connectivity index is 2.09. The van der Waals surface area contributed by atoms with Crippen LogP contribution in [0.3, 0.4) is 0 Å². The molecule has 1 aliphatic carbocycles. The van der Waals surface area contributed by atoms with E-state index in [9.17, 15) is 4.39 Å². The van der Waals surface area contributed by atoms with Gasteiger partial charge in [-0.2, -0.15) is 0 Å². The van der Waals surface area contributed by atoms with Crippen LogP contribution in [0.4, 0.5) is 10.2 Å². The number of benzene rings is 1. The van der Waals surface area contributed by atoms with Crippen molar-refractivity contribution >= 4 is 21.7 Å². The zero-order valence-electron chi connectivity index (χ0n) is 11.2. The number of hydrogen-bond acceptors (Lipinski definition) is 3. The monoisotopic (exact) mass is 335 g/mol. The first-order chi connectivity index (χ1) is 9.69. The molecule has 0 saturated carbocycles. The highest BCUT2D eigenvalue weighted by atomic mass is 79.9. The Morgan fingerprint density at radius 3 is 2.90 bits per heavy atom. The maximum Gasteiger partial charge on any atom is 0.161 e. The Morgan fingerprint density at radius 1 is 1.30 bits per heavy atom. The van der Waals surface area contributed by atoms with E-state index >= 15 is 0 Å². The second-order valence-electron chi connectivity index (χ2n) is 4.83. The number of nitrogens with one attached hydrogen (secondary N) is 1. The number of nitrogens with zero attached hydrogens (tertiary/aromatic N) is 2. The van der Waals surface area contributed by atoms with Crippen molar-refractivity contribution in [2.75, 3.05) is 11.9 Å². The minimum Gasteiger partial charge on any atom is -0.370 e. The normalized spacial score (nSPS) is 13.3. The first kappa shape index (κ1) is 13.5. The third-order valence-electron chi connectivity index (χ3n) is 3.46. The molecule has 1 aromatic carbocycles. The van der Waals surface area contributed by atoms with Crippen LogP contribution in [0.15, 0.2) is 22.7 Å². The lowest BCUT2D eigenvalue weighted by Gasteiger charge is -2.11. The molecule has 0 spiro atoms. The summed E-state index contributed by atoms with van der Waals surface area (Å²) in [6, 6.07) is 4.99. The van der Waals surface area contributed by atoms with Crippen molar-refractivity contribution in [1.29, 1.82) is 0 Å². The summed E-state index contributed by atoms with van der Waals surface area (Å²) in [7, 11) is 0. The van der Waals surface area contributed by atoms with Crippen LogP contribution in [0.1, 0.15) is 24.6 Å². The fourth-order valence-corrected chi connectivity index (χ4v) is 2.76. The van der Waals surface area contributed by atoms with Crippen LogP contribution in [0, 0.1) is 5.82 Å². The van der Waals surface area contributed by atoms with Gasteiger partial charge >= 0.3 is 0 Å². The van der Waals surface area contributed by atoms with Gasteiger partial charge in [-0.25, -0.2) is 14.4 Å². The molecule has 0 unspecified atom stereocenters. The van der Waals surface area contributed by atoms with Gasteiger partial charge in [0.25, 0.3) is 0 Å². The van der Waals surface area contributed by atoms with E-state index in [1.807, 2.05) is 13.0 Å². The number of halogens is 2. The summed E-state index contributed by atoms with van der Waals surface area (Å²) in [5.74, 6) is 1.19. The first-order valence-corrected chi connectivity index (χ1v) is 7.57. The largest absolute Gasteiger partial charge is 0.370 e. The molecular formula is C15H15BrFN3. The average molecular weight is 336 g/mol. The Bertz CT molecular complexity index is 658. The maximum atomic E-state index is 13.7. The summed E-state index contributed by atoms with van der Waals surface area (Å²) >= 11 is 3.16. The van der Waals surface area contributed by atoms with E-state index in [1.54, 1.807) is 6.07 Å². The Hall–Kier alpha value is -1.49. The highest BCUT2D eigenvalue weighted by Crippen LogP contribution is 2.30. The van der Waals surface area contributed by atoms with E-state index in [0.29, 0.717) is 15.9 Å². The minimum atomic E-state index is -0.295. The topological polar surface area (TPSA) is 37.8 Å². The van der Waals surface area contributed by atoms with Gasteiger partial charge in [-0.05, 0) is 60.3 Å². The summed E-state index contributed by atoms with van der Waals surface area (Å²) in [4.78, 5) is 9.18. The van der Waals surface area contributed by atoms with Crippen molar-refractivity contribution in [3.8, 4) is 11.4 Å². The number of aryl methyl sites for hydroxylation is 1. The number of fused-ring (bicyclic) bond motifs is 1.